The van der Waals surface area contributed by atoms with Crippen molar-refractivity contribution in [1.29, 1.82) is 0 Å². The molecule has 0 spiro atoms. The van der Waals surface area contributed by atoms with Crippen LogP contribution < -0.4 is 5.32 Å². The molecule has 1 N–H and O–H groups in total. The average molecular weight is 382 g/mol. The van der Waals surface area contributed by atoms with Crippen LogP contribution in [0.2, 0.25) is 0 Å². The minimum Gasteiger partial charge on any atom is -0.379 e. The van der Waals surface area contributed by atoms with E-state index in [2.05, 4.69) is 25.6 Å². The first-order valence-electron chi connectivity index (χ1n) is 9.17. The first-order chi connectivity index (χ1) is 13.3. The summed E-state index contributed by atoms with van der Waals surface area (Å²) in [5.74, 6) is -0.132. The van der Waals surface area contributed by atoms with Crippen LogP contribution in [0.3, 0.4) is 0 Å². The Morgan fingerprint density at radius 1 is 1.22 bits per heavy atom. The van der Waals surface area contributed by atoms with E-state index in [9.17, 15) is 4.79 Å². The van der Waals surface area contributed by atoms with E-state index >= 15 is 0 Å². The van der Waals surface area contributed by atoms with Crippen LogP contribution in [0.15, 0.2) is 41.4 Å². The molecule has 0 bridgehead atoms. The molecule has 0 aliphatic carbocycles. The number of rotatable bonds is 6. The summed E-state index contributed by atoms with van der Waals surface area (Å²) in [6.07, 6.45) is 4.51. The fourth-order valence-corrected chi connectivity index (χ4v) is 3.87. The number of carbonyl (C=O) groups is 1. The Morgan fingerprint density at radius 2 is 2.11 bits per heavy atom. The number of morpholine rings is 1. The van der Waals surface area contributed by atoms with Crippen LogP contribution in [0.5, 0.6) is 0 Å². The molecule has 6 nitrogen and oxygen atoms in total. The molecule has 0 atom stereocenters. The number of fused-ring (bicyclic) bond motifs is 1. The number of thiophene rings is 1. The largest absolute Gasteiger partial charge is 0.379 e. The van der Waals surface area contributed by atoms with Gasteiger partial charge in [-0.1, -0.05) is 0 Å². The molecule has 3 aromatic heterocycles. The van der Waals surface area contributed by atoms with E-state index in [1.165, 1.54) is 0 Å². The van der Waals surface area contributed by atoms with Gasteiger partial charge in [-0.15, -0.1) is 0 Å². The molecule has 0 aromatic carbocycles. The van der Waals surface area contributed by atoms with E-state index in [4.69, 9.17) is 4.74 Å². The fourth-order valence-electron chi connectivity index (χ4n) is 3.22. The maximum absolute atomic E-state index is 12.5. The highest BCUT2D eigenvalue weighted by Crippen LogP contribution is 2.28. The summed E-state index contributed by atoms with van der Waals surface area (Å²) in [6, 6.07) is 5.72. The lowest BCUT2D eigenvalue weighted by molar-refractivity contribution is 0.0374. The van der Waals surface area contributed by atoms with Gasteiger partial charge in [0.1, 0.15) is 5.69 Å². The van der Waals surface area contributed by atoms with Gasteiger partial charge in [0, 0.05) is 43.0 Å². The smallest absolute Gasteiger partial charge is 0.269 e. The van der Waals surface area contributed by atoms with Crippen LogP contribution in [0.25, 0.3) is 22.0 Å². The van der Waals surface area contributed by atoms with Crippen LogP contribution in [0.1, 0.15) is 16.9 Å². The Morgan fingerprint density at radius 3 is 2.93 bits per heavy atom. The molecule has 0 saturated carbocycles. The lowest BCUT2D eigenvalue weighted by Crippen LogP contribution is -2.38. The third-order valence-electron chi connectivity index (χ3n) is 4.70. The van der Waals surface area contributed by atoms with Crippen molar-refractivity contribution in [3.63, 3.8) is 0 Å². The van der Waals surface area contributed by atoms with Crippen molar-refractivity contribution in [3.05, 3.63) is 47.0 Å². The molecule has 4 rings (SSSR count). The average Bonchev–Trinajstić information content (AvgIpc) is 3.25. The number of nitrogens with zero attached hydrogens (tertiary/aromatic N) is 3. The molecule has 1 amide bonds. The minimum absolute atomic E-state index is 0.132. The number of aromatic nitrogens is 2. The second-order valence-corrected chi connectivity index (χ2v) is 7.31. The van der Waals surface area contributed by atoms with Gasteiger partial charge in [-0.25, -0.2) is 4.98 Å². The lowest BCUT2D eigenvalue weighted by atomic mass is 10.1. The highest BCUT2D eigenvalue weighted by molar-refractivity contribution is 7.08. The van der Waals surface area contributed by atoms with E-state index in [0.717, 1.165) is 61.3 Å². The van der Waals surface area contributed by atoms with Gasteiger partial charge in [-0.05, 0) is 47.5 Å². The van der Waals surface area contributed by atoms with Gasteiger partial charge in [0.25, 0.3) is 5.91 Å². The van der Waals surface area contributed by atoms with E-state index in [0.29, 0.717) is 12.2 Å². The first-order valence-corrected chi connectivity index (χ1v) is 10.1. The molecular formula is C20H22N4O2S. The van der Waals surface area contributed by atoms with Gasteiger partial charge in [0.05, 0.1) is 18.7 Å². The first kappa shape index (κ1) is 18.0. The van der Waals surface area contributed by atoms with E-state index in [1.807, 2.05) is 17.5 Å². The standard InChI is InChI=1S/C20H22N4O2S/c25-20(22-5-1-6-24-7-9-26-10-8-24)18-3-2-15-12-21-13-17(19(15)23-18)16-4-11-27-14-16/h2-4,11-14H,1,5-10H2,(H,22,25). The second-order valence-electron chi connectivity index (χ2n) is 6.53. The Balaban J connectivity index is 1.42. The van der Waals surface area contributed by atoms with Crippen LogP contribution >= 0.6 is 11.3 Å². The zero-order chi connectivity index (χ0) is 18.5. The summed E-state index contributed by atoms with van der Waals surface area (Å²) < 4.78 is 5.35. The number of pyridine rings is 2. The second kappa shape index (κ2) is 8.56. The molecule has 3 aromatic rings. The summed E-state index contributed by atoms with van der Waals surface area (Å²) in [4.78, 5) is 23.8. The Hall–Kier alpha value is -2.35. The van der Waals surface area contributed by atoms with Crippen molar-refractivity contribution in [2.75, 3.05) is 39.4 Å². The molecule has 1 aliphatic heterocycles. The zero-order valence-corrected chi connectivity index (χ0v) is 15.9. The van der Waals surface area contributed by atoms with Crippen LogP contribution in [-0.2, 0) is 4.74 Å². The highest BCUT2D eigenvalue weighted by atomic mass is 32.1. The monoisotopic (exact) mass is 382 g/mol. The van der Waals surface area contributed by atoms with Crippen molar-refractivity contribution >= 4 is 28.1 Å². The molecule has 7 heteroatoms. The quantitative estimate of drug-likeness (QED) is 0.664. The van der Waals surface area contributed by atoms with Crippen molar-refractivity contribution < 1.29 is 9.53 Å². The topological polar surface area (TPSA) is 67.4 Å². The minimum atomic E-state index is -0.132. The molecule has 140 valence electrons. The summed E-state index contributed by atoms with van der Waals surface area (Å²) in [5.41, 5.74) is 3.28. The van der Waals surface area contributed by atoms with Gasteiger partial charge in [-0.2, -0.15) is 11.3 Å². The third-order valence-corrected chi connectivity index (χ3v) is 5.39. The number of nitrogens with one attached hydrogen (secondary N) is 1. The normalized spacial score (nSPS) is 15.1. The van der Waals surface area contributed by atoms with Gasteiger partial charge >= 0.3 is 0 Å². The summed E-state index contributed by atoms with van der Waals surface area (Å²) in [6.45, 7) is 5.16. The molecule has 4 heterocycles. The Kier molecular flexibility index (Phi) is 5.72. The summed E-state index contributed by atoms with van der Waals surface area (Å²) in [5, 5.41) is 8.01. The Labute approximate surface area is 162 Å². The number of ether oxygens (including phenoxy) is 1. The number of hydrogen-bond donors (Lipinski definition) is 1. The highest BCUT2D eigenvalue weighted by Gasteiger charge is 2.13. The van der Waals surface area contributed by atoms with E-state index in [-0.39, 0.29) is 5.91 Å². The lowest BCUT2D eigenvalue weighted by Gasteiger charge is -2.26. The van der Waals surface area contributed by atoms with Crippen molar-refractivity contribution in [2.45, 2.75) is 6.42 Å². The molecule has 0 radical (unpaired) electrons. The van der Waals surface area contributed by atoms with Crippen LogP contribution in [0.4, 0.5) is 0 Å². The molecule has 0 unspecified atom stereocenters. The van der Waals surface area contributed by atoms with E-state index in [1.54, 1.807) is 29.8 Å². The molecule has 1 saturated heterocycles. The van der Waals surface area contributed by atoms with Crippen LogP contribution in [-0.4, -0.2) is 60.2 Å². The fraction of sp³-hybridized carbons (Fsp3) is 0.350. The molecule has 27 heavy (non-hydrogen) atoms. The number of carbonyl (C=O) groups excluding carboxylic acids is 1. The Bertz CT molecular complexity index is 907. The van der Waals surface area contributed by atoms with Gasteiger partial charge in [0.15, 0.2) is 0 Å². The maximum atomic E-state index is 12.5. The maximum Gasteiger partial charge on any atom is 0.269 e. The van der Waals surface area contributed by atoms with Crippen LogP contribution in [0, 0.1) is 0 Å². The molecule has 1 aliphatic rings. The van der Waals surface area contributed by atoms with E-state index < -0.39 is 0 Å². The predicted molar refractivity (Wildman–Crippen MR) is 107 cm³/mol. The molecule has 1 fully saturated rings. The summed E-state index contributed by atoms with van der Waals surface area (Å²) >= 11 is 1.63. The van der Waals surface area contributed by atoms with Crippen molar-refractivity contribution in [2.24, 2.45) is 0 Å². The van der Waals surface area contributed by atoms with Gasteiger partial charge in [0.2, 0.25) is 0 Å². The van der Waals surface area contributed by atoms with Crippen molar-refractivity contribution in [3.8, 4) is 11.1 Å². The predicted octanol–water partition coefficient (Wildman–Crippen LogP) is 2.81. The SMILES string of the molecule is O=C(NCCCN1CCOCC1)c1ccc2cncc(-c3ccsc3)c2n1. The third kappa shape index (κ3) is 4.32. The summed E-state index contributed by atoms with van der Waals surface area (Å²) in [7, 11) is 0. The number of hydrogen-bond acceptors (Lipinski definition) is 6. The van der Waals surface area contributed by atoms with Gasteiger partial charge in [-0.3, -0.25) is 14.7 Å². The number of amides is 1. The molecular weight excluding hydrogens is 360 g/mol. The zero-order valence-electron chi connectivity index (χ0n) is 15.1. The van der Waals surface area contributed by atoms with Crippen molar-refractivity contribution in [1.82, 2.24) is 20.2 Å². The van der Waals surface area contributed by atoms with Gasteiger partial charge < -0.3 is 10.1 Å².